The van der Waals surface area contributed by atoms with Gasteiger partial charge in [0.15, 0.2) is 0 Å². The highest BCUT2D eigenvalue weighted by molar-refractivity contribution is 5.36. The van der Waals surface area contributed by atoms with Crippen LogP contribution in [0.25, 0.3) is 0 Å². The highest BCUT2D eigenvalue weighted by Gasteiger charge is 2.21. The number of aryl methyl sites for hydroxylation is 1. The molecule has 17 heavy (non-hydrogen) atoms. The predicted molar refractivity (Wildman–Crippen MR) is 64.5 cm³/mol. The molecule has 2 aromatic rings. The number of benzene rings is 1. The molecule has 0 aliphatic carbocycles. The Balaban J connectivity index is 1.98. The quantitative estimate of drug-likeness (QED) is 0.745. The zero-order valence-corrected chi connectivity index (χ0v) is 9.50. The lowest BCUT2D eigenvalue weighted by molar-refractivity contribution is 0.491. The van der Waals surface area contributed by atoms with Gasteiger partial charge in [0, 0.05) is 24.4 Å². The largest absolute Gasteiger partial charge is 0.334 e. The normalized spacial score (nSPS) is 18.4. The molecule has 0 unspecified atom stereocenters. The zero-order chi connectivity index (χ0) is 11.7. The smallest absolute Gasteiger partial charge is 0.0991 e. The summed E-state index contributed by atoms with van der Waals surface area (Å²) in [6.45, 7) is 1.07. The monoisotopic (exact) mass is 223 g/mol. The van der Waals surface area contributed by atoms with Crippen molar-refractivity contribution >= 4 is 0 Å². The predicted octanol–water partition coefficient (Wildman–Crippen LogP) is 2.68. The summed E-state index contributed by atoms with van der Waals surface area (Å²) in [5, 5.41) is 8.80. The van der Waals surface area contributed by atoms with Gasteiger partial charge in [-0.2, -0.15) is 5.26 Å². The molecule has 2 heterocycles. The van der Waals surface area contributed by atoms with E-state index in [1.165, 1.54) is 17.7 Å². The Morgan fingerprint density at radius 2 is 2.12 bits per heavy atom. The van der Waals surface area contributed by atoms with E-state index >= 15 is 0 Å². The van der Waals surface area contributed by atoms with Crippen LogP contribution in [0.15, 0.2) is 36.8 Å². The number of fused-ring (bicyclic) bond motifs is 1. The van der Waals surface area contributed by atoms with Crippen LogP contribution in [-0.2, 0) is 6.54 Å². The second kappa shape index (κ2) is 4.06. The third kappa shape index (κ3) is 1.72. The topological polar surface area (TPSA) is 41.6 Å². The van der Waals surface area contributed by atoms with Crippen LogP contribution < -0.4 is 0 Å². The Kier molecular flexibility index (Phi) is 2.41. The second-order valence-corrected chi connectivity index (χ2v) is 4.44. The standard InChI is InChI=1S/C14H13N3/c15-8-11-3-5-12(6-4-11)13-2-1-7-17-10-16-9-14(13)17/h3-6,9-10,13H,1-2,7H2/t13-/m1/s1. The lowest BCUT2D eigenvalue weighted by Gasteiger charge is -2.24. The van der Waals surface area contributed by atoms with E-state index in [0.29, 0.717) is 5.92 Å². The molecule has 0 N–H and O–H groups in total. The van der Waals surface area contributed by atoms with Gasteiger partial charge in [0.2, 0.25) is 0 Å². The van der Waals surface area contributed by atoms with E-state index in [-0.39, 0.29) is 0 Å². The van der Waals surface area contributed by atoms with Gasteiger partial charge in [0.1, 0.15) is 0 Å². The van der Waals surface area contributed by atoms with Crippen LogP contribution in [0.5, 0.6) is 0 Å². The molecule has 0 saturated heterocycles. The summed E-state index contributed by atoms with van der Waals surface area (Å²) < 4.78 is 2.23. The third-order valence-electron chi connectivity index (χ3n) is 3.44. The Morgan fingerprint density at radius 1 is 1.29 bits per heavy atom. The van der Waals surface area contributed by atoms with Crippen LogP contribution >= 0.6 is 0 Å². The first-order chi connectivity index (χ1) is 8.38. The SMILES string of the molecule is N#Cc1ccc([C@H]2CCCn3cncc32)cc1. The van der Waals surface area contributed by atoms with Crippen molar-refractivity contribution in [3.05, 3.63) is 53.6 Å². The van der Waals surface area contributed by atoms with E-state index in [1.807, 2.05) is 24.7 Å². The minimum absolute atomic E-state index is 0.430. The minimum atomic E-state index is 0.430. The average molecular weight is 223 g/mol. The number of imidazole rings is 1. The van der Waals surface area contributed by atoms with E-state index in [4.69, 9.17) is 5.26 Å². The Bertz CT molecular complexity index is 560. The molecule has 0 amide bonds. The summed E-state index contributed by atoms with van der Waals surface area (Å²) in [4.78, 5) is 4.22. The maximum Gasteiger partial charge on any atom is 0.0991 e. The van der Waals surface area contributed by atoms with Gasteiger partial charge in [0.05, 0.1) is 18.0 Å². The fraction of sp³-hybridized carbons (Fsp3) is 0.286. The van der Waals surface area contributed by atoms with Crippen molar-refractivity contribution in [2.24, 2.45) is 0 Å². The van der Waals surface area contributed by atoms with E-state index in [9.17, 15) is 0 Å². The minimum Gasteiger partial charge on any atom is -0.334 e. The van der Waals surface area contributed by atoms with Crippen molar-refractivity contribution in [2.45, 2.75) is 25.3 Å². The number of aromatic nitrogens is 2. The second-order valence-electron chi connectivity index (χ2n) is 4.44. The van der Waals surface area contributed by atoms with E-state index in [2.05, 4.69) is 27.8 Å². The van der Waals surface area contributed by atoms with Crippen LogP contribution in [0.2, 0.25) is 0 Å². The van der Waals surface area contributed by atoms with Crippen molar-refractivity contribution in [2.75, 3.05) is 0 Å². The van der Waals surface area contributed by atoms with Crippen molar-refractivity contribution in [3.63, 3.8) is 0 Å². The van der Waals surface area contributed by atoms with Crippen molar-refractivity contribution in [3.8, 4) is 6.07 Å². The number of nitriles is 1. The molecule has 0 bridgehead atoms. The molecule has 1 atom stereocenters. The molecule has 3 nitrogen and oxygen atoms in total. The number of hydrogen-bond donors (Lipinski definition) is 0. The molecule has 0 spiro atoms. The molecule has 1 aromatic heterocycles. The third-order valence-corrected chi connectivity index (χ3v) is 3.44. The van der Waals surface area contributed by atoms with Crippen molar-refractivity contribution in [1.29, 1.82) is 5.26 Å². The van der Waals surface area contributed by atoms with Crippen LogP contribution in [0.3, 0.4) is 0 Å². The number of rotatable bonds is 1. The number of hydrogen-bond acceptors (Lipinski definition) is 2. The fourth-order valence-corrected chi connectivity index (χ4v) is 2.55. The zero-order valence-electron chi connectivity index (χ0n) is 9.50. The molecule has 0 radical (unpaired) electrons. The van der Waals surface area contributed by atoms with Gasteiger partial charge in [-0.15, -0.1) is 0 Å². The molecule has 3 heteroatoms. The van der Waals surface area contributed by atoms with Crippen molar-refractivity contribution < 1.29 is 0 Å². The molecular formula is C14H13N3. The first-order valence-corrected chi connectivity index (χ1v) is 5.88. The fourth-order valence-electron chi connectivity index (χ4n) is 2.55. The van der Waals surface area contributed by atoms with Crippen molar-refractivity contribution in [1.82, 2.24) is 9.55 Å². The molecule has 1 aliphatic heterocycles. The Labute approximate surface area is 100 Å². The van der Waals surface area contributed by atoms with Gasteiger partial charge in [-0.25, -0.2) is 4.98 Å². The lowest BCUT2D eigenvalue weighted by Crippen LogP contribution is -2.15. The number of nitrogens with zero attached hydrogens (tertiary/aromatic N) is 3. The van der Waals surface area contributed by atoms with Crippen LogP contribution in [0.4, 0.5) is 0 Å². The lowest BCUT2D eigenvalue weighted by atomic mass is 9.89. The Hall–Kier alpha value is -2.08. The maximum absolute atomic E-state index is 8.80. The highest BCUT2D eigenvalue weighted by Crippen LogP contribution is 2.32. The Morgan fingerprint density at radius 3 is 2.88 bits per heavy atom. The van der Waals surface area contributed by atoms with Gasteiger partial charge in [-0.05, 0) is 30.5 Å². The van der Waals surface area contributed by atoms with Gasteiger partial charge in [-0.3, -0.25) is 0 Å². The van der Waals surface area contributed by atoms with Crippen LogP contribution in [0, 0.1) is 11.3 Å². The molecule has 84 valence electrons. The highest BCUT2D eigenvalue weighted by atomic mass is 15.1. The summed E-state index contributed by atoms with van der Waals surface area (Å²) in [5.41, 5.74) is 3.30. The molecule has 1 aliphatic rings. The van der Waals surface area contributed by atoms with Crippen LogP contribution in [-0.4, -0.2) is 9.55 Å². The van der Waals surface area contributed by atoms with Gasteiger partial charge in [0.25, 0.3) is 0 Å². The molecule has 3 rings (SSSR count). The van der Waals surface area contributed by atoms with E-state index in [0.717, 1.165) is 18.5 Å². The van der Waals surface area contributed by atoms with Gasteiger partial charge < -0.3 is 4.57 Å². The van der Waals surface area contributed by atoms with E-state index in [1.54, 1.807) is 0 Å². The summed E-state index contributed by atoms with van der Waals surface area (Å²) in [7, 11) is 0. The summed E-state index contributed by atoms with van der Waals surface area (Å²) in [6, 6.07) is 10.1. The summed E-state index contributed by atoms with van der Waals surface area (Å²) >= 11 is 0. The van der Waals surface area contributed by atoms with Crippen LogP contribution in [0.1, 0.15) is 35.6 Å². The van der Waals surface area contributed by atoms with Gasteiger partial charge >= 0.3 is 0 Å². The molecule has 0 saturated carbocycles. The average Bonchev–Trinajstić information content (AvgIpc) is 2.87. The first kappa shape index (κ1) is 10.1. The van der Waals surface area contributed by atoms with Gasteiger partial charge in [-0.1, -0.05) is 12.1 Å². The summed E-state index contributed by atoms with van der Waals surface area (Å²) in [6.07, 6.45) is 6.22. The summed E-state index contributed by atoms with van der Waals surface area (Å²) in [5.74, 6) is 0.430. The molecule has 0 fully saturated rings. The first-order valence-electron chi connectivity index (χ1n) is 5.88. The molecule has 1 aromatic carbocycles. The maximum atomic E-state index is 8.80. The van der Waals surface area contributed by atoms with E-state index < -0.39 is 0 Å². The molecular weight excluding hydrogens is 210 g/mol.